The third kappa shape index (κ3) is 3.92. The molecular weight excluding hydrogens is 350 g/mol. The van der Waals surface area contributed by atoms with Gasteiger partial charge in [0.05, 0.1) is 24.8 Å². The predicted molar refractivity (Wildman–Crippen MR) is 103 cm³/mol. The fourth-order valence-electron chi connectivity index (χ4n) is 2.43. The molecule has 0 saturated heterocycles. The van der Waals surface area contributed by atoms with Gasteiger partial charge in [-0.3, -0.25) is 0 Å². The first-order chi connectivity index (χ1) is 12.6. The summed E-state index contributed by atoms with van der Waals surface area (Å²) in [7, 11) is 3.24. The van der Waals surface area contributed by atoms with Crippen LogP contribution < -0.4 is 9.47 Å². The molecular formula is C20H17NO4S. The van der Waals surface area contributed by atoms with E-state index in [2.05, 4.69) is 4.98 Å². The Balaban J connectivity index is 2.08. The Labute approximate surface area is 155 Å². The molecule has 1 heterocycles. The Hall–Kier alpha value is -3.12. The van der Waals surface area contributed by atoms with Gasteiger partial charge < -0.3 is 14.6 Å². The van der Waals surface area contributed by atoms with E-state index in [-0.39, 0.29) is 0 Å². The molecule has 0 saturated carbocycles. The number of nitrogens with zero attached hydrogens (tertiary/aromatic N) is 1. The number of carbonyl (C=O) groups is 1. The van der Waals surface area contributed by atoms with Gasteiger partial charge in [-0.05, 0) is 60.2 Å². The van der Waals surface area contributed by atoms with E-state index in [0.29, 0.717) is 5.01 Å². The summed E-state index contributed by atoms with van der Waals surface area (Å²) in [6, 6.07) is 15.3. The van der Waals surface area contributed by atoms with Gasteiger partial charge >= 0.3 is 5.97 Å². The van der Waals surface area contributed by atoms with Crippen molar-refractivity contribution < 1.29 is 19.4 Å². The van der Waals surface area contributed by atoms with Crippen LogP contribution in [0.15, 0.2) is 54.6 Å². The molecule has 5 nitrogen and oxygen atoms in total. The molecule has 0 atom stereocenters. The van der Waals surface area contributed by atoms with Gasteiger partial charge in [0, 0.05) is 11.6 Å². The highest BCUT2D eigenvalue weighted by atomic mass is 32.1. The van der Waals surface area contributed by atoms with Gasteiger partial charge in [-0.2, -0.15) is 0 Å². The molecule has 3 rings (SSSR count). The third-order valence-corrected chi connectivity index (χ3v) is 4.80. The lowest BCUT2D eigenvalue weighted by atomic mass is 10.1. The summed E-state index contributed by atoms with van der Waals surface area (Å²) in [4.78, 5) is 16.4. The van der Waals surface area contributed by atoms with Crippen molar-refractivity contribution in [2.75, 3.05) is 14.2 Å². The summed E-state index contributed by atoms with van der Waals surface area (Å²) in [5.41, 5.74) is 2.72. The third-order valence-electron chi connectivity index (χ3n) is 3.73. The number of benzene rings is 2. The molecule has 26 heavy (non-hydrogen) atoms. The van der Waals surface area contributed by atoms with Crippen LogP contribution in [0.4, 0.5) is 0 Å². The van der Waals surface area contributed by atoms with Crippen molar-refractivity contribution >= 4 is 23.4 Å². The van der Waals surface area contributed by atoms with Gasteiger partial charge in [0.15, 0.2) is 0 Å². The second kappa shape index (κ2) is 7.84. The van der Waals surface area contributed by atoms with Crippen molar-refractivity contribution in [2.45, 2.75) is 0 Å². The highest BCUT2D eigenvalue weighted by Gasteiger charge is 2.14. The number of carboxylic acid groups (broad SMARTS) is 1. The van der Waals surface area contributed by atoms with Crippen molar-refractivity contribution in [1.82, 2.24) is 4.98 Å². The monoisotopic (exact) mass is 367 g/mol. The van der Waals surface area contributed by atoms with Crippen LogP contribution in [-0.2, 0) is 4.79 Å². The van der Waals surface area contributed by atoms with Crippen LogP contribution >= 0.6 is 11.3 Å². The van der Waals surface area contributed by atoms with Gasteiger partial charge in [-0.1, -0.05) is 0 Å². The molecule has 6 heteroatoms. The number of aromatic nitrogens is 1. The smallest absolute Gasteiger partial charge is 0.328 e. The summed E-state index contributed by atoms with van der Waals surface area (Å²) in [5, 5.41) is 9.49. The fourth-order valence-corrected chi connectivity index (χ4v) is 3.43. The van der Waals surface area contributed by atoms with Crippen LogP contribution in [0.25, 0.3) is 27.8 Å². The molecule has 132 valence electrons. The molecule has 0 unspecified atom stereocenters. The van der Waals surface area contributed by atoms with E-state index in [0.717, 1.165) is 39.3 Å². The first-order valence-corrected chi connectivity index (χ1v) is 8.63. The lowest BCUT2D eigenvalue weighted by molar-refractivity contribution is -0.131. The van der Waals surface area contributed by atoms with E-state index in [1.54, 1.807) is 14.2 Å². The van der Waals surface area contributed by atoms with E-state index >= 15 is 0 Å². The Morgan fingerprint density at radius 2 is 1.50 bits per heavy atom. The van der Waals surface area contributed by atoms with E-state index in [4.69, 9.17) is 14.6 Å². The summed E-state index contributed by atoms with van der Waals surface area (Å²) in [5.74, 6) is 0.536. The maximum Gasteiger partial charge on any atom is 0.328 e. The molecule has 0 aliphatic heterocycles. The van der Waals surface area contributed by atoms with Crippen molar-refractivity contribution in [3.05, 3.63) is 59.6 Å². The topological polar surface area (TPSA) is 68.7 Å². The van der Waals surface area contributed by atoms with Crippen LogP contribution in [0.1, 0.15) is 5.01 Å². The minimum atomic E-state index is -1.00. The number of carboxylic acids is 1. The van der Waals surface area contributed by atoms with Crippen LogP contribution in [-0.4, -0.2) is 30.3 Å². The van der Waals surface area contributed by atoms with Gasteiger partial charge in [-0.25, -0.2) is 9.78 Å². The molecule has 0 amide bonds. The first-order valence-electron chi connectivity index (χ1n) is 7.81. The zero-order valence-electron chi connectivity index (χ0n) is 14.3. The molecule has 0 bridgehead atoms. The molecule has 1 aromatic heterocycles. The van der Waals surface area contributed by atoms with Gasteiger partial charge in [-0.15, -0.1) is 11.3 Å². The lowest BCUT2D eigenvalue weighted by Crippen LogP contribution is -1.86. The molecule has 0 fully saturated rings. The number of thiazole rings is 1. The van der Waals surface area contributed by atoms with E-state index in [1.807, 2.05) is 48.5 Å². The van der Waals surface area contributed by atoms with Gasteiger partial charge in [0.2, 0.25) is 0 Å². The number of hydrogen-bond donors (Lipinski definition) is 1. The molecule has 0 aliphatic rings. The van der Waals surface area contributed by atoms with Crippen molar-refractivity contribution in [2.24, 2.45) is 0 Å². The second-order valence-electron chi connectivity index (χ2n) is 5.36. The van der Waals surface area contributed by atoms with E-state index < -0.39 is 5.97 Å². The number of ether oxygens (including phenoxy) is 2. The molecule has 0 spiro atoms. The van der Waals surface area contributed by atoms with E-state index in [1.165, 1.54) is 17.4 Å². The van der Waals surface area contributed by atoms with Gasteiger partial charge in [0.1, 0.15) is 16.5 Å². The minimum absolute atomic E-state index is 0.629. The van der Waals surface area contributed by atoms with Crippen LogP contribution in [0.5, 0.6) is 11.5 Å². The molecule has 3 aromatic rings. The maximum absolute atomic E-state index is 10.8. The lowest BCUT2D eigenvalue weighted by Gasteiger charge is -2.05. The average Bonchev–Trinajstić information content (AvgIpc) is 3.11. The quantitative estimate of drug-likeness (QED) is 0.645. The highest BCUT2D eigenvalue weighted by Crippen LogP contribution is 2.38. The largest absolute Gasteiger partial charge is 0.497 e. The fraction of sp³-hybridized carbons (Fsp3) is 0.100. The van der Waals surface area contributed by atoms with Crippen LogP contribution in [0.2, 0.25) is 0 Å². The Kier molecular flexibility index (Phi) is 5.34. The highest BCUT2D eigenvalue weighted by molar-refractivity contribution is 7.16. The Bertz CT molecular complexity index is 862. The SMILES string of the molecule is COc1ccc(-c2nc(/C=C/C(=O)O)sc2-c2ccc(OC)cc2)cc1. The minimum Gasteiger partial charge on any atom is -0.497 e. The molecule has 2 aromatic carbocycles. The first kappa shape index (κ1) is 17.7. The summed E-state index contributed by atoms with van der Waals surface area (Å²) < 4.78 is 10.4. The average molecular weight is 367 g/mol. The van der Waals surface area contributed by atoms with Crippen molar-refractivity contribution in [1.29, 1.82) is 0 Å². The Morgan fingerprint density at radius 3 is 2.00 bits per heavy atom. The zero-order chi connectivity index (χ0) is 18.5. The molecule has 1 N–H and O–H groups in total. The number of methoxy groups -OCH3 is 2. The summed E-state index contributed by atoms with van der Waals surface area (Å²) in [6.07, 6.45) is 2.60. The summed E-state index contributed by atoms with van der Waals surface area (Å²) >= 11 is 1.44. The Morgan fingerprint density at radius 1 is 0.962 bits per heavy atom. The van der Waals surface area contributed by atoms with Crippen LogP contribution in [0, 0.1) is 0 Å². The standard InChI is InChI=1S/C20H17NO4S/c1-24-15-7-3-13(4-8-15)19-20(14-5-9-16(25-2)10-6-14)26-17(21-19)11-12-18(22)23/h3-12H,1-2H3,(H,22,23)/b12-11+. The number of hydrogen-bond acceptors (Lipinski definition) is 5. The second-order valence-corrected chi connectivity index (χ2v) is 6.39. The maximum atomic E-state index is 10.8. The van der Waals surface area contributed by atoms with Crippen molar-refractivity contribution in [3.8, 4) is 33.2 Å². The van der Waals surface area contributed by atoms with E-state index in [9.17, 15) is 4.79 Å². The number of aliphatic carboxylic acids is 1. The van der Waals surface area contributed by atoms with Crippen LogP contribution in [0.3, 0.4) is 0 Å². The normalized spacial score (nSPS) is 10.8. The van der Waals surface area contributed by atoms with Crippen molar-refractivity contribution in [3.63, 3.8) is 0 Å². The predicted octanol–water partition coefficient (Wildman–Crippen LogP) is 4.59. The number of rotatable bonds is 6. The summed E-state index contributed by atoms with van der Waals surface area (Å²) in [6.45, 7) is 0. The van der Waals surface area contributed by atoms with Gasteiger partial charge in [0.25, 0.3) is 0 Å². The molecule has 0 aliphatic carbocycles. The zero-order valence-corrected chi connectivity index (χ0v) is 15.1. The molecule has 0 radical (unpaired) electrons.